The zero-order valence-electron chi connectivity index (χ0n) is 12.7. The lowest BCUT2D eigenvalue weighted by Crippen LogP contribution is -2.33. The number of carbonyl (C=O) groups excluding carboxylic acids is 1. The van der Waals surface area contributed by atoms with Gasteiger partial charge in [0.1, 0.15) is 6.54 Å². The fraction of sp³-hybridized carbons (Fsp3) is 0.467. The molecule has 0 heterocycles. The van der Waals surface area contributed by atoms with Gasteiger partial charge in [0.15, 0.2) is 5.96 Å². The summed E-state index contributed by atoms with van der Waals surface area (Å²) >= 11 is 0. The SMILES string of the molecule is CCCCNC(N)=NCC(=O)Nc1cccc(CC)c1.I. The minimum absolute atomic E-state index is 0. The van der Waals surface area contributed by atoms with Crippen molar-refractivity contribution in [1.29, 1.82) is 0 Å². The molecule has 0 atom stereocenters. The van der Waals surface area contributed by atoms with E-state index in [1.54, 1.807) is 0 Å². The van der Waals surface area contributed by atoms with Crippen LogP contribution in [0.25, 0.3) is 0 Å². The van der Waals surface area contributed by atoms with Gasteiger partial charge in [-0.3, -0.25) is 4.79 Å². The first-order chi connectivity index (χ1) is 9.65. The molecule has 5 nitrogen and oxygen atoms in total. The minimum Gasteiger partial charge on any atom is -0.370 e. The third-order valence-electron chi connectivity index (χ3n) is 2.85. The number of aryl methyl sites for hydroxylation is 1. The lowest BCUT2D eigenvalue weighted by Gasteiger charge is -2.06. The average Bonchev–Trinajstić information content (AvgIpc) is 2.45. The first-order valence-electron chi connectivity index (χ1n) is 7.08. The van der Waals surface area contributed by atoms with Crippen molar-refractivity contribution in [3.05, 3.63) is 29.8 Å². The van der Waals surface area contributed by atoms with Crippen molar-refractivity contribution in [3.8, 4) is 0 Å². The number of carbonyl (C=O) groups is 1. The van der Waals surface area contributed by atoms with Crippen LogP contribution in [0.3, 0.4) is 0 Å². The molecule has 0 aliphatic rings. The molecular formula is C15H25IN4O. The fourth-order valence-electron chi connectivity index (χ4n) is 1.68. The molecule has 1 rings (SSSR count). The van der Waals surface area contributed by atoms with Gasteiger partial charge in [-0.2, -0.15) is 0 Å². The topological polar surface area (TPSA) is 79.5 Å². The summed E-state index contributed by atoms with van der Waals surface area (Å²) < 4.78 is 0. The Kier molecular flexibility index (Phi) is 10.7. The number of aliphatic imine (C=N–C) groups is 1. The lowest BCUT2D eigenvalue weighted by molar-refractivity contribution is -0.114. The number of rotatable bonds is 7. The second-order valence-corrected chi connectivity index (χ2v) is 4.58. The summed E-state index contributed by atoms with van der Waals surface area (Å²) in [7, 11) is 0. The highest BCUT2D eigenvalue weighted by molar-refractivity contribution is 14.0. The standard InChI is InChI=1S/C15H24N4O.HI/c1-3-5-9-17-15(16)18-11-14(20)19-13-8-6-7-12(4-2)10-13;/h6-8,10H,3-5,9,11H2,1-2H3,(H,19,20)(H3,16,17,18);1H. The molecule has 0 unspecified atom stereocenters. The number of nitrogens with two attached hydrogens (primary N) is 1. The van der Waals surface area contributed by atoms with Crippen LogP contribution in [0, 0.1) is 0 Å². The van der Waals surface area contributed by atoms with Crippen molar-refractivity contribution in [1.82, 2.24) is 5.32 Å². The largest absolute Gasteiger partial charge is 0.370 e. The summed E-state index contributed by atoms with van der Waals surface area (Å²) in [4.78, 5) is 15.8. The van der Waals surface area contributed by atoms with Crippen molar-refractivity contribution in [2.45, 2.75) is 33.1 Å². The van der Waals surface area contributed by atoms with E-state index >= 15 is 0 Å². The maximum atomic E-state index is 11.7. The van der Waals surface area contributed by atoms with E-state index in [1.165, 1.54) is 5.56 Å². The molecule has 0 aromatic heterocycles. The third-order valence-corrected chi connectivity index (χ3v) is 2.85. The van der Waals surface area contributed by atoms with Gasteiger partial charge in [0.25, 0.3) is 0 Å². The van der Waals surface area contributed by atoms with E-state index in [9.17, 15) is 4.79 Å². The molecule has 0 radical (unpaired) electrons. The zero-order chi connectivity index (χ0) is 14.8. The third kappa shape index (κ3) is 8.54. The molecule has 4 N–H and O–H groups in total. The number of hydrogen-bond acceptors (Lipinski definition) is 2. The number of amides is 1. The van der Waals surface area contributed by atoms with Crippen molar-refractivity contribution in [2.24, 2.45) is 10.7 Å². The first-order valence-corrected chi connectivity index (χ1v) is 7.08. The Morgan fingerprint density at radius 1 is 1.33 bits per heavy atom. The van der Waals surface area contributed by atoms with Crippen LogP contribution in [-0.4, -0.2) is 25.0 Å². The summed E-state index contributed by atoms with van der Waals surface area (Å²) in [6, 6.07) is 7.79. The van der Waals surface area contributed by atoms with Crippen molar-refractivity contribution >= 4 is 41.5 Å². The molecule has 1 aromatic carbocycles. The Balaban J connectivity index is 0.00000400. The second-order valence-electron chi connectivity index (χ2n) is 4.58. The van der Waals surface area contributed by atoms with Gasteiger partial charge in [-0.05, 0) is 30.5 Å². The zero-order valence-corrected chi connectivity index (χ0v) is 15.0. The van der Waals surface area contributed by atoms with Gasteiger partial charge in [0.05, 0.1) is 0 Å². The van der Waals surface area contributed by atoms with E-state index in [1.807, 2.05) is 24.3 Å². The Bertz CT molecular complexity index is 463. The maximum Gasteiger partial charge on any atom is 0.246 e. The van der Waals surface area contributed by atoms with Crippen LogP contribution in [0.5, 0.6) is 0 Å². The van der Waals surface area contributed by atoms with Crippen LogP contribution in [0.1, 0.15) is 32.3 Å². The predicted octanol–water partition coefficient (Wildman–Crippen LogP) is 2.51. The average molecular weight is 404 g/mol. The normalized spacial score (nSPS) is 10.7. The monoisotopic (exact) mass is 404 g/mol. The van der Waals surface area contributed by atoms with E-state index in [0.29, 0.717) is 5.96 Å². The van der Waals surface area contributed by atoms with Crippen LogP contribution in [-0.2, 0) is 11.2 Å². The van der Waals surface area contributed by atoms with Crippen molar-refractivity contribution < 1.29 is 4.79 Å². The number of guanidine groups is 1. The number of hydrogen-bond donors (Lipinski definition) is 3. The summed E-state index contributed by atoms with van der Waals surface area (Å²) in [5.41, 5.74) is 7.64. The van der Waals surface area contributed by atoms with Crippen LogP contribution in [0.4, 0.5) is 5.69 Å². The second kappa shape index (κ2) is 11.4. The molecule has 118 valence electrons. The smallest absolute Gasteiger partial charge is 0.246 e. The van der Waals surface area contributed by atoms with Gasteiger partial charge in [0, 0.05) is 12.2 Å². The van der Waals surface area contributed by atoms with Crippen LogP contribution in [0.2, 0.25) is 0 Å². The number of nitrogens with zero attached hydrogens (tertiary/aromatic N) is 1. The molecular weight excluding hydrogens is 379 g/mol. The van der Waals surface area contributed by atoms with Crippen molar-refractivity contribution in [2.75, 3.05) is 18.4 Å². The van der Waals surface area contributed by atoms with E-state index in [0.717, 1.165) is 31.5 Å². The van der Waals surface area contributed by atoms with Gasteiger partial charge >= 0.3 is 0 Å². The summed E-state index contributed by atoms with van der Waals surface area (Å²) in [5.74, 6) is 0.148. The van der Waals surface area contributed by atoms with Crippen molar-refractivity contribution in [3.63, 3.8) is 0 Å². The minimum atomic E-state index is -0.168. The van der Waals surface area contributed by atoms with Gasteiger partial charge in [-0.1, -0.05) is 32.4 Å². The summed E-state index contributed by atoms with van der Waals surface area (Å²) in [6.07, 6.45) is 3.07. The number of anilines is 1. The predicted molar refractivity (Wildman–Crippen MR) is 99.3 cm³/mol. The first kappa shape index (κ1) is 19.7. The Hall–Kier alpha value is -1.31. The molecule has 0 saturated heterocycles. The van der Waals surface area contributed by atoms with E-state index in [-0.39, 0.29) is 36.4 Å². The molecule has 0 aliphatic heterocycles. The summed E-state index contributed by atoms with van der Waals surface area (Å²) in [5, 5.41) is 5.78. The fourth-order valence-corrected chi connectivity index (χ4v) is 1.68. The van der Waals surface area contributed by atoms with Gasteiger partial charge in [0.2, 0.25) is 5.91 Å². The van der Waals surface area contributed by atoms with Gasteiger partial charge < -0.3 is 16.4 Å². The van der Waals surface area contributed by atoms with E-state index in [4.69, 9.17) is 5.73 Å². The number of unbranched alkanes of at least 4 members (excludes halogenated alkanes) is 1. The highest BCUT2D eigenvalue weighted by Crippen LogP contribution is 2.10. The Morgan fingerprint density at radius 3 is 2.76 bits per heavy atom. The molecule has 21 heavy (non-hydrogen) atoms. The Morgan fingerprint density at radius 2 is 2.10 bits per heavy atom. The van der Waals surface area contributed by atoms with Crippen LogP contribution >= 0.6 is 24.0 Å². The van der Waals surface area contributed by atoms with Gasteiger partial charge in [-0.15, -0.1) is 24.0 Å². The molecule has 0 aliphatic carbocycles. The molecule has 6 heteroatoms. The quantitative estimate of drug-likeness (QED) is 0.283. The van der Waals surface area contributed by atoms with Gasteiger partial charge in [-0.25, -0.2) is 4.99 Å². The molecule has 0 fully saturated rings. The summed E-state index contributed by atoms with van der Waals surface area (Å²) in [6.45, 7) is 4.99. The van der Waals surface area contributed by atoms with Crippen LogP contribution in [0.15, 0.2) is 29.3 Å². The molecule has 0 saturated carbocycles. The highest BCUT2D eigenvalue weighted by Gasteiger charge is 2.02. The molecule has 0 bridgehead atoms. The molecule has 0 spiro atoms. The number of halogens is 1. The lowest BCUT2D eigenvalue weighted by atomic mass is 10.1. The number of benzene rings is 1. The highest BCUT2D eigenvalue weighted by atomic mass is 127. The molecule has 1 amide bonds. The number of nitrogens with one attached hydrogen (secondary N) is 2. The van der Waals surface area contributed by atoms with E-state index in [2.05, 4.69) is 29.5 Å². The van der Waals surface area contributed by atoms with E-state index < -0.39 is 0 Å². The molecule has 1 aromatic rings. The Labute approximate surface area is 143 Å². The van der Waals surface area contributed by atoms with Crippen LogP contribution < -0.4 is 16.4 Å². The maximum absolute atomic E-state index is 11.7.